The number of rotatable bonds is 5. The van der Waals surface area contributed by atoms with Crippen LogP contribution in [0.3, 0.4) is 0 Å². The number of amides is 2. The summed E-state index contributed by atoms with van der Waals surface area (Å²) in [6.45, 7) is 0.0845. The highest BCUT2D eigenvalue weighted by Crippen LogP contribution is 2.33. The molecular formula is C16H15F4N3O3S. The Labute approximate surface area is 152 Å². The number of benzene rings is 2. The molecule has 0 radical (unpaired) electrons. The molecule has 2 aromatic rings. The molecule has 146 valence electrons. The molecule has 2 amide bonds. The van der Waals surface area contributed by atoms with Gasteiger partial charge in [-0.2, -0.15) is 13.2 Å². The second kappa shape index (κ2) is 7.92. The Hall–Kier alpha value is -2.66. The zero-order valence-electron chi connectivity index (χ0n) is 13.7. The molecule has 0 atom stereocenters. The molecule has 0 saturated heterocycles. The highest BCUT2D eigenvalue weighted by atomic mass is 32.2. The van der Waals surface area contributed by atoms with E-state index >= 15 is 0 Å². The summed E-state index contributed by atoms with van der Waals surface area (Å²) in [6, 6.07) is 7.31. The van der Waals surface area contributed by atoms with Crippen LogP contribution in [0.1, 0.15) is 11.1 Å². The van der Waals surface area contributed by atoms with E-state index in [1.807, 2.05) is 5.32 Å². The predicted molar refractivity (Wildman–Crippen MR) is 89.9 cm³/mol. The van der Waals surface area contributed by atoms with Crippen LogP contribution >= 0.6 is 0 Å². The summed E-state index contributed by atoms with van der Waals surface area (Å²) in [5, 5.41) is 9.36. The average molecular weight is 405 g/mol. The van der Waals surface area contributed by atoms with Crippen LogP contribution in [0.2, 0.25) is 0 Å². The van der Waals surface area contributed by atoms with Gasteiger partial charge in [0.1, 0.15) is 0 Å². The molecular weight excluding hydrogens is 390 g/mol. The molecule has 0 bridgehead atoms. The van der Waals surface area contributed by atoms with Gasteiger partial charge in [-0.05, 0) is 36.2 Å². The van der Waals surface area contributed by atoms with Crippen molar-refractivity contribution in [2.75, 3.05) is 11.9 Å². The van der Waals surface area contributed by atoms with E-state index in [0.29, 0.717) is 18.1 Å². The highest BCUT2D eigenvalue weighted by Gasteiger charge is 2.35. The van der Waals surface area contributed by atoms with Gasteiger partial charge >= 0.3 is 12.2 Å². The lowest BCUT2D eigenvalue weighted by Crippen LogP contribution is -2.31. The summed E-state index contributed by atoms with van der Waals surface area (Å²) in [6.07, 6.45) is -4.56. The molecule has 0 aliphatic heterocycles. The van der Waals surface area contributed by atoms with Crippen molar-refractivity contribution in [3.63, 3.8) is 0 Å². The fourth-order valence-corrected chi connectivity index (χ4v) is 2.70. The van der Waals surface area contributed by atoms with Crippen molar-refractivity contribution in [3.8, 4) is 0 Å². The van der Waals surface area contributed by atoms with Crippen molar-refractivity contribution >= 4 is 21.7 Å². The fourth-order valence-electron chi connectivity index (χ4n) is 2.18. The van der Waals surface area contributed by atoms with E-state index in [2.05, 4.69) is 5.32 Å². The monoisotopic (exact) mass is 405 g/mol. The summed E-state index contributed by atoms with van der Waals surface area (Å²) in [4.78, 5) is 11.7. The number of hydrogen-bond acceptors (Lipinski definition) is 3. The van der Waals surface area contributed by atoms with Crippen LogP contribution < -0.4 is 15.8 Å². The fraction of sp³-hybridized carbons (Fsp3) is 0.188. The lowest BCUT2D eigenvalue weighted by molar-refractivity contribution is -0.139. The van der Waals surface area contributed by atoms with Crippen LogP contribution in [0, 0.1) is 5.82 Å². The number of nitrogens with two attached hydrogens (primary N) is 1. The van der Waals surface area contributed by atoms with E-state index in [9.17, 15) is 30.8 Å². The molecule has 6 nitrogen and oxygen atoms in total. The summed E-state index contributed by atoms with van der Waals surface area (Å²) in [5.74, 6) is -1.57. The van der Waals surface area contributed by atoms with Crippen molar-refractivity contribution in [1.82, 2.24) is 5.32 Å². The van der Waals surface area contributed by atoms with Gasteiger partial charge < -0.3 is 10.6 Å². The molecule has 0 heterocycles. The number of urea groups is 1. The molecule has 0 fully saturated rings. The minimum Gasteiger partial charge on any atom is -0.338 e. The zero-order chi connectivity index (χ0) is 20.2. The summed E-state index contributed by atoms with van der Waals surface area (Å²) in [5.41, 5.74) is -1.39. The van der Waals surface area contributed by atoms with Crippen LogP contribution in [-0.2, 0) is 22.6 Å². The van der Waals surface area contributed by atoms with Crippen molar-refractivity contribution < 1.29 is 30.8 Å². The van der Waals surface area contributed by atoms with Crippen LogP contribution in [-0.4, -0.2) is 21.0 Å². The molecule has 0 aliphatic carbocycles. The van der Waals surface area contributed by atoms with Gasteiger partial charge in [0.05, 0.1) is 16.1 Å². The molecule has 2 rings (SSSR count). The minimum atomic E-state index is -4.87. The second-order valence-corrected chi connectivity index (χ2v) is 7.05. The van der Waals surface area contributed by atoms with E-state index in [0.717, 1.165) is 12.1 Å². The highest BCUT2D eigenvalue weighted by molar-refractivity contribution is 7.89. The second-order valence-electron chi connectivity index (χ2n) is 5.48. The molecule has 0 spiro atoms. The maximum atomic E-state index is 13.8. The van der Waals surface area contributed by atoms with E-state index in [4.69, 9.17) is 5.14 Å². The quantitative estimate of drug-likeness (QED) is 0.667. The number of halogens is 4. The van der Waals surface area contributed by atoms with Crippen LogP contribution in [0.25, 0.3) is 0 Å². The number of nitrogens with one attached hydrogen (secondary N) is 2. The molecule has 0 saturated carbocycles. The van der Waals surface area contributed by atoms with Gasteiger partial charge in [0.25, 0.3) is 0 Å². The van der Waals surface area contributed by atoms with Crippen LogP contribution in [0.4, 0.5) is 28.0 Å². The van der Waals surface area contributed by atoms with Gasteiger partial charge in [0.2, 0.25) is 10.0 Å². The first-order valence-corrected chi connectivity index (χ1v) is 9.05. The van der Waals surface area contributed by atoms with Crippen LogP contribution in [0.5, 0.6) is 0 Å². The molecule has 4 N–H and O–H groups in total. The smallest absolute Gasteiger partial charge is 0.338 e. The Morgan fingerprint density at radius 1 is 1.07 bits per heavy atom. The average Bonchev–Trinajstić information content (AvgIpc) is 2.55. The van der Waals surface area contributed by atoms with Gasteiger partial charge in [-0.3, -0.25) is 0 Å². The Bertz CT molecular complexity index is 929. The molecule has 2 aromatic carbocycles. The van der Waals surface area contributed by atoms with Crippen molar-refractivity contribution in [1.29, 1.82) is 0 Å². The molecule has 0 aromatic heterocycles. The van der Waals surface area contributed by atoms with Crippen molar-refractivity contribution in [3.05, 3.63) is 59.4 Å². The number of sulfonamides is 1. The maximum absolute atomic E-state index is 13.8. The largest absolute Gasteiger partial charge is 0.419 e. The van der Waals surface area contributed by atoms with Gasteiger partial charge in [-0.1, -0.05) is 18.2 Å². The van der Waals surface area contributed by atoms with E-state index in [1.165, 1.54) is 24.3 Å². The maximum Gasteiger partial charge on any atom is 0.419 e. The first-order valence-electron chi connectivity index (χ1n) is 7.51. The molecule has 11 heteroatoms. The van der Waals surface area contributed by atoms with Crippen LogP contribution in [0.15, 0.2) is 47.4 Å². The Morgan fingerprint density at radius 2 is 1.70 bits per heavy atom. The van der Waals surface area contributed by atoms with E-state index in [-0.39, 0.29) is 11.4 Å². The predicted octanol–water partition coefficient (Wildman–Crippen LogP) is 2.86. The lowest BCUT2D eigenvalue weighted by atomic mass is 10.1. The van der Waals surface area contributed by atoms with Gasteiger partial charge in [-0.25, -0.2) is 22.7 Å². The SMILES string of the molecule is NS(=O)(=O)c1ccc(CCNC(=O)Nc2cccc(C(F)(F)F)c2F)cc1. The first kappa shape index (κ1) is 20.6. The third kappa shape index (κ3) is 5.66. The van der Waals surface area contributed by atoms with E-state index in [1.54, 1.807) is 0 Å². The standard InChI is InChI=1S/C16H15F4N3O3S/c17-14-12(16(18,19)20)2-1-3-13(14)23-15(24)22-9-8-10-4-6-11(7-5-10)27(21,25)26/h1-7H,8-9H2,(H2,21,25,26)(H2,22,23,24). The number of hydrogen-bond donors (Lipinski definition) is 3. The Balaban J connectivity index is 1.92. The van der Waals surface area contributed by atoms with E-state index < -0.39 is 39.3 Å². The topological polar surface area (TPSA) is 101 Å². The third-order valence-corrected chi connectivity index (χ3v) is 4.43. The number of alkyl halides is 3. The first-order chi connectivity index (χ1) is 12.5. The van der Waals surface area contributed by atoms with Gasteiger partial charge in [0, 0.05) is 6.54 Å². The molecule has 27 heavy (non-hydrogen) atoms. The normalized spacial score (nSPS) is 11.9. The Kier molecular flexibility index (Phi) is 6.06. The molecule has 0 aliphatic rings. The summed E-state index contributed by atoms with van der Waals surface area (Å²) in [7, 11) is -3.80. The Morgan fingerprint density at radius 3 is 2.26 bits per heavy atom. The van der Waals surface area contributed by atoms with Crippen molar-refractivity contribution in [2.45, 2.75) is 17.5 Å². The third-order valence-electron chi connectivity index (χ3n) is 3.50. The summed E-state index contributed by atoms with van der Waals surface area (Å²) >= 11 is 0. The summed E-state index contributed by atoms with van der Waals surface area (Å²) < 4.78 is 74.1. The van der Waals surface area contributed by atoms with Gasteiger partial charge in [0.15, 0.2) is 5.82 Å². The number of carbonyl (C=O) groups is 1. The molecule has 0 unspecified atom stereocenters. The number of carbonyl (C=O) groups excluding carboxylic acids is 1. The van der Waals surface area contributed by atoms with Gasteiger partial charge in [-0.15, -0.1) is 0 Å². The lowest BCUT2D eigenvalue weighted by Gasteiger charge is -2.12. The number of primary sulfonamides is 1. The zero-order valence-corrected chi connectivity index (χ0v) is 14.5. The minimum absolute atomic E-state index is 0.0584. The van der Waals surface area contributed by atoms with Crippen molar-refractivity contribution in [2.24, 2.45) is 5.14 Å². The number of anilines is 1.